The van der Waals surface area contributed by atoms with Crippen LogP contribution in [0.2, 0.25) is 0 Å². The molecule has 1 saturated heterocycles. The summed E-state index contributed by atoms with van der Waals surface area (Å²) >= 11 is 0. The molecule has 8 heteroatoms. The van der Waals surface area contributed by atoms with Crippen molar-refractivity contribution >= 4 is 10.0 Å². The van der Waals surface area contributed by atoms with Gasteiger partial charge in [0.1, 0.15) is 0 Å². The lowest BCUT2D eigenvalue weighted by Gasteiger charge is -2.22. The van der Waals surface area contributed by atoms with Crippen molar-refractivity contribution in [3.8, 4) is 0 Å². The van der Waals surface area contributed by atoms with Gasteiger partial charge in [0.15, 0.2) is 0 Å². The zero-order chi connectivity index (χ0) is 15.5. The number of benzene rings is 1. The topological polar surface area (TPSA) is 55.4 Å². The van der Waals surface area contributed by atoms with Crippen LogP contribution in [0.4, 0.5) is 13.2 Å². The van der Waals surface area contributed by atoms with E-state index < -0.39 is 26.7 Å². The van der Waals surface area contributed by atoms with Crippen LogP contribution in [-0.2, 0) is 20.9 Å². The molecular formula is C13H16F3NO3S. The Kier molecular flexibility index (Phi) is 4.90. The van der Waals surface area contributed by atoms with Gasteiger partial charge in [0.05, 0.1) is 10.5 Å². The highest BCUT2D eigenvalue weighted by molar-refractivity contribution is 7.89. The highest BCUT2D eigenvalue weighted by Crippen LogP contribution is 2.33. The minimum Gasteiger partial charge on any atom is -0.381 e. The van der Waals surface area contributed by atoms with Crippen molar-refractivity contribution in [2.24, 2.45) is 5.92 Å². The van der Waals surface area contributed by atoms with Crippen LogP contribution < -0.4 is 4.72 Å². The standard InChI is InChI=1S/C13H16F3NO3S/c14-13(15,16)11-3-1-2-4-12(11)21(18,19)17-9-10-5-7-20-8-6-10/h1-4,10,17H,5-9H2. The van der Waals surface area contributed by atoms with Gasteiger partial charge in [0.2, 0.25) is 10.0 Å². The van der Waals surface area contributed by atoms with Crippen LogP contribution in [0.5, 0.6) is 0 Å². The van der Waals surface area contributed by atoms with E-state index in [0.29, 0.717) is 26.1 Å². The first-order chi connectivity index (χ1) is 9.81. The van der Waals surface area contributed by atoms with E-state index in [1.54, 1.807) is 0 Å². The maximum atomic E-state index is 12.9. The van der Waals surface area contributed by atoms with Crippen molar-refractivity contribution in [2.45, 2.75) is 23.9 Å². The van der Waals surface area contributed by atoms with Gasteiger partial charge in [0, 0.05) is 19.8 Å². The van der Waals surface area contributed by atoms with E-state index in [2.05, 4.69) is 4.72 Å². The van der Waals surface area contributed by atoms with Crippen LogP contribution in [0.15, 0.2) is 29.2 Å². The predicted octanol–water partition coefficient (Wildman–Crippen LogP) is 2.41. The molecule has 0 atom stereocenters. The summed E-state index contributed by atoms with van der Waals surface area (Å²) in [4.78, 5) is -0.732. The van der Waals surface area contributed by atoms with Gasteiger partial charge < -0.3 is 4.74 Å². The fraction of sp³-hybridized carbons (Fsp3) is 0.538. The van der Waals surface area contributed by atoms with Gasteiger partial charge in [-0.1, -0.05) is 12.1 Å². The van der Waals surface area contributed by atoms with Gasteiger partial charge in [0.25, 0.3) is 0 Å². The number of nitrogens with one attached hydrogen (secondary N) is 1. The smallest absolute Gasteiger partial charge is 0.381 e. The molecular weight excluding hydrogens is 307 g/mol. The normalized spacial score (nSPS) is 17.9. The highest BCUT2D eigenvalue weighted by Gasteiger charge is 2.36. The maximum Gasteiger partial charge on any atom is 0.417 e. The summed E-state index contributed by atoms with van der Waals surface area (Å²) < 4.78 is 70.2. The third-order valence-corrected chi connectivity index (χ3v) is 4.87. The average molecular weight is 323 g/mol. The van der Waals surface area contributed by atoms with Crippen molar-refractivity contribution in [1.82, 2.24) is 4.72 Å². The lowest BCUT2D eigenvalue weighted by molar-refractivity contribution is -0.139. The molecule has 0 spiro atoms. The second-order valence-electron chi connectivity index (χ2n) is 4.90. The fourth-order valence-electron chi connectivity index (χ4n) is 2.19. The number of sulfonamides is 1. The lowest BCUT2D eigenvalue weighted by Crippen LogP contribution is -2.33. The van der Waals surface area contributed by atoms with Crippen LogP contribution in [0, 0.1) is 5.92 Å². The molecule has 0 saturated carbocycles. The molecule has 4 nitrogen and oxygen atoms in total. The fourth-order valence-corrected chi connectivity index (χ4v) is 3.53. The van der Waals surface area contributed by atoms with E-state index in [1.165, 1.54) is 12.1 Å². The monoisotopic (exact) mass is 323 g/mol. The van der Waals surface area contributed by atoms with E-state index in [4.69, 9.17) is 4.74 Å². The average Bonchev–Trinajstić information content (AvgIpc) is 2.45. The van der Waals surface area contributed by atoms with E-state index in [0.717, 1.165) is 12.1 Å². The van der Waals surface area contributed by atoms with Crippen molar-refractivity contribution < 1.29 is 26.3 Å². The number of hydrogen-bond donors (Lipinski definition) is 1. The van der Waals surface area contributed by atoms with E-state index in [1.807, 2.05) is 0 Å². The summed E-state index contributed by atoms with van der Waals surface area (Å²) in [6, 6.07) is 4.18. The van der Waals surface area contributed by atoms with Crippen molar-refractivity contribution in [3.05, 3.63) is 29.8 Å². The second kappa shape index (κ2) is 6.33. The third-order valence-electron chi connectivity index (χ3n) is 3.38. The van der Waals surface area contributed by atoms with Gasteiger partial charge >= 0.3 is 6.18 Å². The van der Waals surface area contributed by atoms with E-state index in [-0.39, 0.29) is 12.5 Å². The molecule has 0 amide bonds. The molecule has 1 aliphatic rings. The summed E-state index contributed by atoms with van der Waals surface area (Å²) in [6.07, 6.45) is -3.31. The SMILES string of the molecule is O=S(=O)(NCC1CCOCC1)c1ccccc1C(F)(F)F. The molecule has 1 aliphatic heterocycles. The van der Waals surface area contributed by atoms with Crippen LogP contribution in [0.1, 0.15) is 18.4 Å². The molecule has 0 aliphatic carbocycles. The van der Waals surface area contributed by atoms with Gasteiger partial charge in [-0.15, -0.1) is 0 Å². The van der Waals surface area contributed by atoms with Crippen LogP contribution in [0.3, 0.4) is 0 Å². The summed E-state index contributed by atoms with van der Waals surface area (Å²) in [7, 11) is -4.18. The number of hydrogen-bond acceptors (Lipinski definition) is 3. The van der Waals surface area contributed by atoms with Gasteiger partial charge in [-0.2, -0.15) is 13.2 Å². The number of ether oxygens (including phenoxy) is 1. The van der Waals surface area contributed by atoms with Gasteiger partial charge in [-0.3, -0.25) is 0 Å². The summed E-state index contributed by atoms with van der Waals surface area (Å²) in [6.45, 7) is 1.22. The molecule has 1 aromatic rings. The zero-order valence-electron chi connectivity index (χ0n) is 11.2. The summed E-state index contributed by atoms with van der Waals surface area (Å²) in [5.74, 6) is 0.0894. The Morgan fingerprint density at radius 2 is 1.81 bits per heavy atom. The Morgan fingerprint density at radius 3 is 2.43 bits per heavy atom. The molecule has 1 N–H and O–H groups in total. The Balaban J connectivity index is 2.16. The molecule has 0 unspecified atom stereocenters. The minimum atomic E-state index is -4.70. The Morgan fingerprint density at radius 1 is 1.19 bits per heavy atom. The molecule has 1 fully saturated rings. The first kappa shape index (κ1) is 16.3. The van der Waals surface area contributed by atoms with E-state index >= 15 is 0 Å². The van der Waals surface area contributed by atoms with Crippen LogP contribution in [-0.4, -0.2) is 28.2 Å². The predicted molar refractivity (Wildman–Crippen MR) is 70.2 cm³/mol. The zero-order valence-corrected chi connectivity index (χ0v) is 12.0. The maximum absolute atomic E-state index is 12.9. The molecule has 118 valence electrons. The largest absolute Gasteiger partial charge is 0.417 e. The first-order valence-corrected chi connectivity index (χ1v) is 8.02. The number of rotatable bonds is 4. The molecule has 0 bridgehead atoms. The van der Waals surface area contributed by atoms with E-state index in [9.17, 15) is 21.6 Å². The Labute approximate surface area is 121 Å². The number of alkyl halides is 3. The molecule has 21 heavy (non-hydrogen) atoms. The van der Waals surface area contributed by atoms with Crippen LogP contribution >= 0.6 is 0 Å². The van der Waals surface area contributed by atoms with Crippen molar-refractivity contribution in [3.63, 3.8) is 0 Å². The molecule has 1 aromatic carbocycles. The van der Waals surface area contributed by atoms with Gasteiger partial charge in [-0.05, 0) is 30.9 Å². The lowest BCUT2D eigenvalue weighted by atomic mass is 10.0. The second-order valence-corrected chi connectivity index (χ2v) is 6.64. The highest BCUT2D eigenvalue weighted by atomic mass is 32.2. The third kappa shape index (κ3) is 4.18. The Hall–Kier alpha value is -1.12. The minimum absolute atomic E-state index is 0.0894. The van der Waals surface area contributed by atoms with Gasteiger partial charge in [-0.25, -0.2) is 13.1 Å². The Bertz CT molecular complexity index is 581. The van der Waals surface area contributed by atoms with Crippen molar-refractivity contribution in [2.75, 3.05) is 19.8 Å². The quantitative estimate of drug-likeness (QED) is 0.926. The number of halogens is 3. The molecule has 0 radical (unpaired) electrons. The summed E-state index contributed by atoms with van der Waals surface area (Å²) in [5, 5.41) is 0. The molecule has 1 heterocycles. The molecule has 0 aromatic heterocycles. The van der Waals surface area contributed by atoms with Crippen molar-refractivity contribution in [1.29, 1.82) is 0 Å². The molecule has 2 rings (SSSR count). The first-order valence-electron chi connectivity index (χ1n) is 6.54. The van der Waals surface area contributed by atoms with Crippen LogP contribution in [0.25, 0.3) is 0 Å². The summed E-state index contributed by atoms with van der Waals surface area (Å²) in [5.41, 5.74) is -1.15.